The molecule has 0 radical (unpaired) electrons. The Morgan fingerprint density at radius 1 is 0.840 bits per heavy atom. The Morgan fingerprint density at radius 3 is 1.76 bits per heavy atom. The summed E-state index contributed by atoms with van der Waals surface area (Å²) in [4.78, 5) is 11.9. The van der Waals surface area contributed by atoms with Crippen LogP contribution in [0.5, 0.6) is 0 Å². The van der Waals surface area contributed by atoms with E-state index in [1.807, 2.05) is 0 Å². The first-order chi connectivity index (χ1) is 12.2. The summed E-state index contributed by atoms with van der Waals surface area (Å²) in [6.07, 6.45) is 23.2. The van der Waals surface area contributed by atoms with Gasteiger partial charge in [-0.3, -0.25) is 4.79 Å². The van der Waals surface area contributed by atoms with Crippen LogP contribution in [0, 0.1) is 5.92 Å². The summed E-state index contributed by atoms with van der Waals surface area (Å²) < 4.78 is 5.70. The molecule has 2 nitrogen and oxygen atoms in total. The first-order valence-corrected chi connectivity index (χ1v) is 12.3. The highest BCUT2D eigenvalue weighted by Gasteiger charge is 2.25. The Hall–Kier alpha value is 0.200. The fourth-order valence-electron chi connectivity index (χ4n) is 3.79. The molecule has 0 saturated heterocycles. The second kappa shape index (κ2) is 16.4. The van der Waals surface area contributed by atoms with Gasteiger partial charge in [0.05, 0.1) is 0 Å². The number of rotatable bonds is 16. The maximum absolute atomic E-state index is 11.9. The van der Waals surface area contributed by atoms with Crippen molar-refractivity contribution in [3.05, 3.63) is 0 Å². The summed E-state index contributed by atoms with van der Waals surface area (Å²) in [5.74, 6) is 0.630. The molecule has 0 aliphatic heterocycles. The maximum Gasteiger partial charge on any atom is 0.306 e. The zero-order valence-corrected chi connectivity index (χ0v) is 18.7. The third kappa shape index (κ3) is 13.1. The molecule has 0 N–H and O–H groups in total. The van der Waals surface area contributed by atoms with E-state index in [9.17, 15) is 4.79 Å². The molecule has 148 valence electrons. The average molecular weight is 464 g/mol. The first kappa shape index (κ1) is 23.2. The van der Waals surface area contributed by atoms with E-state index in [0.717, 1.165) is 6.42 Å². The highest BCUT2D eigenvalue weighted by molar-refractivity contribution is 14.1. The largest absolute Gasteiger partial charge is 0.451 e. The van der Waals surface area contributed by atoms with Crippen LogP contribution < -0.4 is 0 Å². The molecule has 25 heavy (non-hydrogen) atoms. The normalized spacial score (nSPS) is 16.2. The van der Waals surface area contributed by atoms with Gasteiger partial charge in [0.15, 0.2) is 4.11 Å². The zero-order chi connectivity index (χ0) is 18.2. The molecule has 1 aliphatic carbocycles. The lowest BCUT2D eigenvalue weighted by molar-refractivity contribution is -0.146. The molecule has 0 heterocycles. The van der Waals surface area contributed by atoms with Crippen LogP contribution in [-0.4, -0.2) is 10.1 Å². The van der Waals surface area contributed by atoms with Crippen LogP contribution >= 0.6 is 22.6 Å². The van der Waals surface area contributed by atoms with Crippen molar-refractivity contribution in [3.8, 4) is 0 Å². The summed E-state index contributed by atoms with van der Waals surface area (Å²) >= 11 is 2.32. The third-order valence-corrected chi connectivity index (χ3v) is 6.77. The second-order valence-corrected chi connectivity index (χ2v) is 9.11. The van der Waals surface area contributed by atoms with Crippen molar-refractivity contribution in [2.45, 2.75) is 127 Å². The predicted molar refractivity (Wildman–Crippen MR) is 116 cm³/mol. The van der Waals surface area contributed by atoms with Crippen molar-refractivity contribution < 1.29 is 9.53 Å². The number of carbonyl (C=O) groups is 1. The summed E-state index contributed by atoms with van der Waals surface area (Å²) in [6.45, 7) is 2.28. The Morgan fingerprint density at radius 2 is 1.28 bits per heavy atom. The molecule has 1 rings (SSSR count). The van der Waals surface area contributed by atoms with Crippen molar-refractivity contribution in [1.29, 1.82) is 0 Å². The summed E-state index contributed by atoms with van der Waals surface area (Å²) in [7, 11) is 0. The van der Waals surface area contributed by atoms with Gasteiger partial charge >= 0.3 is 5.97 Å². The van der Waals surface area contributed by atoms with Gasteiger partial charge in [-0.25, -0.2) is 0 Å². The molecular formula is C22H41IO2. The van der Waals surface area contributed by atoms with Gasteiger partial charge in [0.2, 0.25) is 0 Å². The quantitative estimate of drug-likeness (QED) is 0.100. The number of esters is 1. The molecule has 0 aromatic heterocycles. The van der Waals surface area contributed by atoms with Gasteiger partial charge in [0.25, 0.3) is 0 Å². The fraction of sp³-hybridized carbons (Fsp3) is 0.955. The third-order valence-electron chi connectivity index (χ3n) is 5.50. The molecule has 1 unspecified atom stereocenters. The number of hydrogen-bond acceptors (Lipinski definition) is 2. The van der Waals surface area contributed by atoms with Gasteiger partial charge < -0.3 is 4.74 Å². The van der Waals surface area contributed by atoms with Gasteiger partial charge in [-0.15, -0.1) is 0 Å². The number of alkyl halides is 1. The maximum atomic E-state index is 11.9. The van der Waals surface area contributed by atoms with E-state index in [1.54, 1.807) is 0 Å². The van der Waals surface area contributed by atoms with E-state index in [2.05, 4.69) is 29.5 Å². The van der Waals surface area contributed by atoms with E-state index in [4.69, 9.17) is 4.74 Å². The SMILES string of the molecule is CCCCCCCCCCCCCCCC(=O)OC(I)C1CCCC1. The van der Waals surface area contributed by atoms with Gasteiger partial charge in [-0.05, 0) is 41.9 Å². The predicted octanol–water partition coefficient (Wildman–Crippen LogP) is 7.96. The molecule has 0 bridgehead atoms. The minimum Gasteiger partial charge on any atom is -0.451 e. The summed E-state index contributed by atoms with van der Waals surface area (Å²) in [6, 6.07) is 0. The first-order valence-electron chi connectivity index (χ1n) is 11.1. The minimum atomic E-state index is 0.0226. The average Bonchev–Trinajstić information content (AvgIpc) is 3.13. The van der Waals surface area contributed by atoms with Gasteiger partial charge in [-0.2, -0.15) is 0 Å². The fourth-order valence-corrected chi connectivity index (χ4v) is 4.79. The molecule has 0 amide bonds. The van der Waals surface area contributed by atoms with Crippen LogP contribution in [0.1, 0.15) is 122 Å². The highest BCUT2D eigenvalue weighted by Crippen LogP contribution is 2.32. The number of halogens is 1. The highest BCUT2D eigenvalue weighted by atomic mass is 127. The van der Waals surface area contributed by atoms with Crippen LogP contribution in [0.2, 0.25) is 0 Å². The molecular weight excluding hydrogens is 423 g/mol. The van der Waals surface area contributed by atoms with E-state index in [1.165, 1.54) is 103 Å². The van der Waals surface area contributed by atoms with Crippen molar-refractivity contribution in [2.75, 3.05) is 0 Å². The molecule has 1 aliphatic rings. The number of unbranched alkanes of at least 4 members (excludes halogenated alkanes) is 12. The van der Waals surface area contributed by atoms with Crippen molar-refractivity contribution in [2.24, 2.45) is 5.92 Å². The molecule has 0 aromatic carbocycles. The lowest BCUT2D eigenvalue weighted by atomic mass is 10.0. The smallest absolute Gasteiger partial charge is 0.306 e. The molecule has 0 aromatic rings. The number of carbonyl (C=O) groups excluding carboxylic acids is 1. The lowest BCUT2D eigenvalue weighted by Crippen LogP contribution is -2.19. The Balaban J connectivity index is 1.80. The number of ether oxygens (including phenoxy) is 1. The Bertz CT molecular complexity index is 313. The Labute approximate surface area is 170 Å². The van der Waals surface area contributed by atoms with Crippen molar-refractivity contribution in [3.63, 3.8) is 0 Å². The van der Waals surface area contributed by atoms with Crippen molar-refractivity contribution in [1.82, 2.24) is 0 Å². The molecule has 3 heteroatoms. The van der Waals surface area contributed by atoms with Gasteiger partial charge in [-0.1, -0.05) is 96.8 Å². The van der Waals surface area contributed by atoms with Crippen LogP contribution in [0.15, 0.2) is 0 Å². The zero-order valence-electron chi connectivity index (χ0n) is 16.6. The van der Waals surface area contributed by atoms with Crippen LogP contribution in [0.25, 0.3) is 0 Å². The minimum absolute atomic E-state index is 0.0226. The number of hydrogen-bond donors (Lipinski definition) is 0. The van der Waals surface area contributed by atoms with E-state index in [0.29, 0.717) is 12.3 Å². The monoisotopic (exact) mass is 464 g/mol. The van der Waals surface area contributed by atoms with Crippen LogP contribution in [0.3, 0.4) is 0 Å². The second-order valence-electron chi connectivity index (χ2n) is 7.88. The van der Waals surface area contributed by atoms with E-state index < -0.39 is 0 Å². The van der Waals surface area contributed by atoms with E-state index >= 15 is 0 Å². The lowest BCUT2D eigenvalue weighted by Gasteiger charge is -2.17. The Kier molecular flexibility index (Phi) is 15.2. The topological polar surface area (TPSA) is 26.3 Å². The van der Waals surface area contributed by atoms with Crippen molar-refractivity contribution >= 4 is 28.6 Å². The van der Waals surface area contributed by atoms with Crippen LogP contribution in [0.4, 0.5) is 0 Å². The van der Waals surface area contributed by atoms with E-state index in [-0.39, 0.29) is 10.1 Å². The summed E-state index contributed by atoms with van der Waals surface area (Å²) in [5, 5.41) is 0. The van der Waals surface area contributed by atoms with Crippen LogP contribution in [-0.2, 0) is 9.53 Å². The molecule has 1 atom stereocenters. The van der Waals surface area contributed by atoms with Gasteiger partial charge in [0.1, 0.15) is 0 Å². The molecule has 1 saturated carbocycles. The van der Waals surface area contributed by atoms with Gasteiger partial charge in [0, 0.05) is 12.3 Å². The molecule has 0 spiro atoms. The summed E-state index contributed by atoms with van der Waals surface area (Å²) in [5.41, 5.74) is 0. The standard InChI is InChI=1S/C22H41IO2/c1-2-3-4-5-6-7-8-9-10-11-12-13-14-19-21(24)25-22(23)20-17-15-16-18-20/h20,22H,2-19H2,1H3. The molecule has 1 fully saturated rings.